The molecule has 0 aliphatic heterocycles. The van der Waals surface area contributed by atoms with Gasteiger partial charge in [0.05, 0.1) is 5.75 Å². The van der Waals surface area contributed by atoms with Crippen LogP contribution in [0.4, 0.5) is 5.69 Å². The van der Waals surface area contributed by atoms with Crippen LogP contribution in [0.3, 0.4) is 0 Å². The molecule has 14 heteroatoms. The molecular formula is C24H27N7O5S2. The first-order valence-corrected chi connectivity index (χ1v) is 14.2. The number of rotatable bonds is 12. The van der Waals surface area contributed by atoms with Gasteiger partial charge in [-0.15, -0.1) is 11.3 Å². The van der Waals surface area contributed by atoms with Crippen molar-refractivity contribution in [2.45, 2.75) is 30.7 Å². The Hall–Kier alpha value is -4.04. The number of ketones is 1. The summed E-state index contributed by atoms with van der Waals surface area (Å²) in [6, 6.07) is 11.3. The number of aromatic nitrogens is 2. The van der Waals surface area contributed by atoms with Crippen LogP contribution in [-0.2, 0) is 27.1 Å². The third-order valence-corrected chi connectivity index (χ3v) is 8.09. The van der Waals surface area contributed by atoms with Gasteiger partial charge < -0.3 is 21.4 Å². The van der Waals surface area contributed by atoms with E-state index in [4.69, 9.17) is 11.5 Å². The SMILES string of the molecule is NC(N)=NCC[C@@H]1C[C@]1(NC(=O)Cn1cccc(NS(=O)(=O)Cc2ccccc2)c1=O)C(=O)c1nccs1. The number of nitrogens with zero attached hydrogens (tertiary/aromatic N) is 3. The molecule has 0 radical (unpaired) electrons. The van der Waals surface area contributed by atoms with Crippen molar-refractivity contribution >= 4 is 44.7 Å². The highest BCUT2D eigenvalue weighted by Crippen LogP contribution is 2.48. The molecule has 1 saturated carbocycles. The Bertz CT molecular complexity index is 1500. The van der Waals surface area contributed by atoms with Crippen molar-refractivity contribution in [2.75, 3.05) is 11.3 Å². The molecule has 6 N–H and O–H groups in total. The van der Waals surface area contributed by atoms with Gasteiger partial charge in [0.1, 0.15) is 17.8 Å². The van der Waals surface area contributed by atoms with Crippen LogP contribution in [-0.4, -0.2) is 47.7 Å². The summed E-state index contributed by atoms with van der Waals surface area (Å²) in [7, 11) is -3.88. The molecule has 1 aliphatic rings. The molecule has 4 rings (SSSR count). The summed E-state index contributed by atoms with van der Waals surface area (Å²) >= 11 is 1.17. The van der Waals surface area contributed by atoms with Crippen LogP contribution in [0, 0.1) is 5.92 Å². The van der Waals surface area contributed by atoms with Gasteiger partial charge in [-0.3, -0.25) is 24.1 Å². The molecule has 2 aromatic heterocycles. The summed E-state index contributed by atoms with van der Waals surface area (Å²) in [5.74, 6) is -1.48. The van der Waals surface area contributed by atoms with Gasteiger partial charge >= 0.3 is 0 Å². The molecule has 0 bridgehead atoms. The molecule has 38 heavy (non-hydrogen) atoms. The van der Waals surface area contributed by atoms with Crippen LogP contribution in [0.1, 0.15) is 28.2 Å². The molecule has 0 saturated heterocycles. The van der Waals surface area contributed by atoms with Crippen molar-refractivity contribution < 1.29 is 18.0 Å². The molecule has 0 spiro atoms. The fraction of sp³-hybridized carbons (Fsp3) is 0.292. The van der Waals surface area contributed by atoms with Gasteiger partial charge in [0, 0.05) is 24.3 Å². The largest absolute Gasteiger partial charge is 0.370 e. The Kier molecular flexibility index (Phi) is 7.92. The van der Waals surface area contributed by atoms with E-state index >= 15 is 0 Å². The van der Waals surface area contributed by atoms with Crippen LogP contribution in [0.2, 0.25) is 0 Å². The van der Waals surface area contributed by atoms with Crippen molar-refractivity contribution in [2.24, 2.45) is 22.4 Å². The number of benzene rings is 1. The molecule has 1 aromatic carbocycles. The first-order chi connectivity index (χ1) is 18.1. The summed E-state index contributed by atoms with van der Waals surface area (Å²) < 4.78 is 28.6. The number of hydrogen-bond donors (Lipinski definition) is 4. The quantitative estimate of drug-likeness (QED) is 0.142. The lowest BCUT2D eigenvalue weighted by Crippen LogP contribution is -2.47. The molecule has 12 nitrogen and oxygen atoms in total. The second-order valence-electron chi connectivity index (χ2n) is 8.88. The van der Waals surface area contributed by atoms with Crippen molar-refractivity contribution in [1.29, 1.82) is 0 Å². The van der Waals surface area contributed by atoms with E-state index in [0.717, 1.165) is 4.57 Å². The number of Topliss-reactive ketones (excluding diaryl/α,β-unsaturated/α-hetero) is 1. The minimum atomic E-state index is -3.88. The average molecular weight is 558 g/mol. The standard InChI is InChI=1S/C24H27N7O5S2/c25-23(26)28-9-8-17-13-24(17,20(33)21-27-10-12-37-21)29-19(32)14-31-11-4-7-18(22(31)34)30-38(35,36)15-16-5-2-1-3-6-16/h1-7,10-12,17,30H,8-9,13-15H2,(H,29,32)(H4,25,26,28)/t17-,24-/m1/s1. The number of guanidine groups is 1. The van der Waals surface area contributed by atoms with Gasteiger partial charge in [-0.05, 0) is 36.5 Å². The molecule has 0 unspecified atom stereocenters. The number of hydrogen-bond acceptors (Lipinski definition) is 8. The van der Waals surface area contributed by atoms with Gasteiger partial charge in [0.15, 0.2) is 11.0 Å². The van der Waals surface area contributed by atoms with E-state index in [0.29, 0.717) is 24.9 Å². The maximum absolute atomic E-state index is 13.2. The van der Waals surface area contributed by atoms with Crippen LogP contribution in [0.15, 0.2) is 70.0 Å². The maximum Gasteiger partial charge on any atom is 0.275 e. The highest BCUT2D eigenvalue weighted by atomic mass is 32.2. The topological polar surface area (TPSA) is 192 Å². The lowest BCUT2D eigenvalue weighted by molar-refractivity contribution is -0.122. The Balaban J connectivity index is 1.47. The van der Waals surface area contributed by atoms with Gasteiger partial charge in [-0.25, -0.2) is 13.4 Å². The highest BCUT2D eigenvalue weighted by Gasteiger charge is 2.61. The molecule has 1 aliphatic carbocycles. The van der Waals surface area contributed by atoms with Crippen LogP contribution in [0.25, 0.3) is 0 Å². The summed E-state index contributed by atoms with van der Waals surface area (Å²) in [4.78, 5) is 47.2. The number of sulfonamides is 1. The fourth-order valence-corrected chi connectivity index (χ4v) is 6.08. The Morgan fingerprint density at radius 2 is 1.95 bits per heavy atom. The van der Waals surface area contributed by atoms with Crippen molar-refractivity contribution in [1.82, 2.24) is 14.9 Å². The molecule has 2 heterocycles. The zero-order chi connectivity index (χ0) is 27.3. The Morgan fingerprint density at radius 1 is 1.18 bits per heavy atom. The van der Waals surface area contributed by atoms with E-state index in [1.54, 1.807) is 35.7 Å². The number of carbonyl (C=O) groups excluding carboxylic acids is 2. The summed E-state index contributed by atoms with van der Waals surface area (Å²) in [6.45, 7) is -0.124. The number of nitrogens with one attached hydrogen (secondary N) is 2. The van der Waals surface area contributed by atoms with E-state index in [-0.39, 0.29) is 34.1 Å². The number of aliphatic imine (C=N–C) groups is 1. The summed E-state index contributed by atoms with van der Waals surface area (Å²) in [5, 5.41) is 4.72. The number of thiazole rings is 1. The monoisotopic (exact) mass is 557 g/mol. The molecule has 1 fully saturated rings. The van der Waals surface area contributed by atoms with Crippen LogP contribution < -0.4 is 27.1 Å². The molecule has 2 atom stereocenters. The van der Waals surface area contributed by atoms with Crippen molar-refractivity contribution in [3.05, 3.63) is 81.2 Å². The number of anilines is 1. The number of pyridine rings is 1. The minimum Gasteiger partial charge on any atom is -0.370 e. The smallest absolute Gasteiger partial charge is 0.275 e. The first kappa shape index (κ1) is 27.0. The van der Waals surface area contributed by atoms with Gasteiger partial charge in [0.25, 0.3) is 5.56 Å². The van der Waals surface area contributed by atoms with Crippen molar-refractivity contribution in [3.63, 3.8) is 0 Å². The average Bonchev–Trinajstić information content (AvgIpc) is 3.27. The third-order valence-electron chi connectivity index (χ3n) is 6.07. The van der Waals surface area contributed by atoms with Crippen molar-refractivity contribution in [3.8, 4) is 0 Å². The van der Waals surface area contributed by atoms with E-state index in [1.807, 2.05) is 0 Å². The maximum atomic E-state index is 13.2. The molecule has 1 amide bonds. The Morgan fingerprint density at radius 3 is 2.63 bits per heavy atom. The number of carbonyl (C=O) groups is 2. The molecular weight excluding hydrogens is 530 g/mol. The predicted octanol–water partition coefficient (Wildman–Crippen LogP) is 0.668. The van der Waals surface area contributed by atoms with Gasteiger partial charge in [-0.1, -0.05) is 30.3 Å². The predicted molar refractivity (Wildman–Crippen MR) is 144 cm³/mol. The lowest BCUT2D eigenvalue weighted by atomic mass is 10.1. The van der Waals surface area contributed by atoms with Gasteiger partial charge in [-0.2, -0.15) is 0 Å². The zero-order valence-corrected chi connectivity index (χ0v) is 21.9. The zero-order valence-electron chi connectivity index (χ0n) is 20.2. The lowest BCUT2D eigenvalue weighted by Gasteiger charge is -2.18. The normalized spacial score (nSPS) is 18.4. The fourth-order valence-electron chi connectivity index (χ4n) is 4.22. The minimum absolute atomic E-state index is 0.0646. The van der Waals surface area contributed by atoms with E-state index in [1.165, 1.54) is 35.9 Å². The summed E-state index contributed by atoms with van der Waals surface area (Å²) in [6.07, 6.45) is 3.72. The molecule has 3 aromatic rings. The number of amides is 1. The van der Waals surface area contributed by atoms with E-state index in [2.05, 4.69) is 20.0 Å². The third kappa shape index (κ3) is 6.44. The molecule has 200 valence electrons. The van der Waals surface area contributed by atoms with E-state index in [9.17, 15) is 22.8 Å². The van der Waals surface area contributed by atoms with Gasteiger partial charge in [0.2, 0.25) is 21.7 Å². The van der Waals surface area contributed by atoms with Crippen LogP contribution in [0.5, 0.6) is 0 Å². The summed E-state index contributed by atoms with van der Waals surface area (Å²) in [5.41, 5.74) is 9.26. The second kappa shape index (κ2) is 11.1. The first-order valence-electron chi connectivity index (χ1n) is 11.6. The highest BCUT2D eigenvalue weighted by molar-refractivity contribution is 7.91. The van der Waals surface area contributed by atoms with Crippen LogP contribution >= 0.6 is 11.3 Å². The number of nitrogens with two attached hydrogens (primary N) is 2. The van der Waals surface area contributed by atoms with E-state index < -0.39 is 33.6 Å². The Labute approximate surface area is 222 Å². The second-order valence-corrected chi connectivity index (χ2v) is 11.5.